The summed E-state index contributed by atoms with van der Waals surface area (Å²) in [5.74, 6) is 0. The van der Waals surface area contributed by atoms with Crippen molar-refractivity contribution in [3.63, 3.8) is 0 Å². The standard InChI is InChI=1S/C32H21N3/c1-2-5-23-18(4-1)12-19-7-8-24-25-17-30-22(13-21(25)14-26(24)31(19)23)16-28-32-20(9-11-34-28)15-27-29(35(30)32)6-3-10-33-27/h1-11,13,17H,12,14-16H2. The van der Waals surface area contributed by atoms with Gasteiger partial charge in [0.15, 0.2) is 0 Å². The number of hydrogen-bond acceptors (Lipinski definition) is 3. The van der Waals surface area contributed by atoms with Gasteiger partial charge in [0.05, 0.1) is 28.5 Å². The van der Waals surface area contributed by atoms with Gasteiger partial charge in [-0.25, -0.2) is 0 Å². The van der Waals surface area contributed by atoms with Crippen molar-refractivity contribution in [2.24, 2.45) is 0 Å². The highest BCUT2D eigenvalue weighted by molar-refractivity contribution is 5.94. The molecule has 35 heavy (non-hydrogen) atoms. The zero-order chi connectivity index (χ0) is 22.7. The fraction of sp³-hybridized carbons (Fsp3) is 0.125. The van der Waals surface area contributed by atoms with Crippen molar-refractivity contribution in [1.82, 2.24) is 9.97 Å². The van der Waals surface area contributed by atoms with Crippen LogP contribution in [0.15, 0.2) is 79.1 Å². The lowest BCUT2D eigenvalue weighted by Crippen LogP contribution is -2.26. The molecule has 2 aliphatic carbocycles. The summed E-state index contributed by atoms with van der Waals surface area (Å²) in [5.41, 5.74) is 20.3. The summed E-state index contributed by atoms with van der Waals surface area (Å²) in [5, 5.41) is 0. The molecule has 0 atom stereocenters. The van der Waals surface area contributed by atoms with Gasteiger partial charge in [0.1, 0.15) is 0 Å². The summed E-state index contributed by atoms with van der Waals surface area (Å²) in [4.78, 5) is 12.0. The van der Waals surface area contributed by atoms with Gasteiger partial charge in [0.2, 0.25) is 0 Å². The Kier molecular flexibility index (Phi) is 3.24. The largest absolute Gasteiger partial charge is 0.306 e. The van der Waals surface area contributed by atoms with Crippen LogP contribution in [0.1, 0.15) is 44.8 Å². The van der Waals surface area contributed by atoms with Crippen LogP contribution in [0.25, 0.3) is 22.3 Å². The van der Waals surface area contributed by atoms with Gasteiger partial charge in [-0.15, -0.1) is 0 Å². The summed E-state index contributed by atoms with van der Waals surface area (Å²) >= 11 is 0. The fourth-order valence-electron chi connectivity index (χ4n) is 6.95. The number of rotatable bonds is 0. The number of anilines is 3. The second-order valence-corrected chi connectivity index (χ2v) is 10.2. The van der Waals surface area contributed by atoms with E-state index in [0.29, 0.717) is 0 Å². The molecule has 164 valence electrons. The molecule has 0 N–H and O–H groups in total. The molecule has 2 aliphatic heterocycles. The molecule has 0 saturated carbocycles. The molecule has 0 amide bonds. The van der Waals surface area contributed by atoms with E-state index in [-0.39, 0.29) is 0 Å². The third-order valence-electron chi connectivity index (χ3n) is 8.40. The van der Waals surface area contributed by atoms with Gasteiger partial charge >= 0.3 is 0 Å². The fourth-order valence-corrected chi connectivity index (χ4v) is 6.95. The van der Waals surface area contributed by atoms with Crippen molar-refractivity contribution in [3.8, 4) is 22.3 Å². The number of benzene rings is 3. The maximum Gasteiger partial charge on any atom is 0.0717 e. The molecule has 0 radical (unpaired) electrons. The predicted octanol–water partition coefficient (Wildman–Crippen LogP) is 6.90. The third kappa shape index (κ3) is 2.26. The van der Waals surface area contributed by atoms with Crippen LogP contribution in [0.2, 0.25) is 0 Å². The molecule has 0 fully saturated rings. The normalized spacial score (nSPS) is 14.9. The monoisotopic (exact) mass is 447 g/mol. The number of pyridine rings is 2. The van der Waals surface area contributed by atoms with E-state index in [2.05, 4.69) is 71.6 Å². The van der Waals surface area contributed by atoms with Crippen molar-refractivity contribution >= 4 is 17.1 Å². The Hall–Kier alpha value is -4.24. The second kappa shape index (κ2) is 6.25. The van der Waals surface area contributed by atoms with E-state index in [9.17, 15) is 0 Å². The lowest BCUT2D eigenvalue weighted by Gasteiger charge is -2.38. The Bertz CT molecular complexity index is 1760. The number of aromatic nitrogens is 2. The van der Waals surface area contributed by atoms with Gasteiger partial charge in [-0.05, 0) is 92.7 Å². The highest BCUT2D eigenvalue weighted by Gasteiger charge is 2.35. The Morgan fingerprint density at radius 3 is 2.46 bits per heavy atom. The molecule has 0 bridgehead atoms. The molecule has 4 heterocycles. The van der Waals surface area contributed by atoms with E-state index in [4.69, 9.17) is 9.97 Å². The van der Waals surface area contributed by atoms with Crippen LogP contribution in [0, 0.1) is 0 Å². The molecule has 0 unspecified atom stereocenters. The van der Waals surface area contributed by atoms with Crippen LogP contribution >= 0.6 is 0 Å². The van der Waals surface area contributed by atoms with Crippen LogP contribution in [-0.2, 0) is 25.7 Å². The minimum atomic E-state index is 0.867. The molecule has 3 heteroatoms. The number of hydrogen-bond donors (Lipinski definition) is 0. The van der Waals surface area contributed by atoms with Crippen LogP contribution in [0.4, 0.5) is 17.1 Å². The molecule has 2 aromatic heterocycles. The van der Waals surface area contributed by atoms with Gasteiger partial charge in [-0.3, -0.25) is 9.97 Å². The minimum Gasteiger partial charge on any atom is -0.306 e. The lowest BCUT2D eigenvalue weighted by molar-refractivity contribution is 0.935. The summed E-state index contributed by atoms with van der Waals surface area (Å²) in [6.45, 7) is 0. The third-order valence-corrected chi connectivity index (χ3v) is 8.40. The molecular formula is C32H21N3. The van der Waals surface area contributed by atoms with Crippen molar-refractivity contribution in [2.75, 3.05) is 4.90 Å². The zero-order valence-electron chi connectivity index (χ0n) is 19.2. The Morgan fingerprint density at radius 2 is 1.46 bits per heavy atom. The van der Waals surface area contributed by atoms with Gasteiger partial charge in [-0.2, -0.15) is 0 Å². The summed E-state index contributed by atoms with van der Waals surface area (Å²) in [6, 6.07) is 25.0. The molecular weight excluding hydrogens is 426 g/mol. The Morgan fingerprint density at radius 1 is 0.543 bits per heavy atom. The van der Waals surface area contributed by atoms with E-state index in [1.807, 2.05) is 12.4 Å². The molecule has 3 nitrogen and oxygen atoms in total. The molecule has 5 aromatic rings. The van der Waals surface area contributed by atoms with Crippen LogP contribution in [-0.4, -0.2) is 9.97 Å². The first-order chi connectivity index (χ1) is 17.3. The average Bonchev–Trinajstić information content (AvgIpc) is 3.45. The topological polar surface area (TPSA) is 29.0 Å². The van der Waals surface area contributed by atoms with Crippen molar-refractivity contribution in [1.29, 1.82) is 0 Å². The SMILES string of the molecule is c1ccc2c(c1)Cc1ccc3c(c1-2)Cc1cc2c(cc1-3)N1c3cccnc3Cc3ccnc(c31)C2. The Balaban J connectivity index is 1.28. The average molecular weight is 448 g/mol. The highest BCUT2D eigenvalue weighted by atomic mass is 15.2. The summed E-state index contributed by atoms with van der Waals surface area (Å²) < 4.78 is 0. The van der Waals surface area contributed by atoms with E-state index in [1.54, 1.807) is 0 Å². The van der Waals surface area contributed by atoms with Crippen LogP contribution in [0.3, 0.4) is 0 Å². The van der Waals surface area contributed by atoms with Crippen molar-refractivity contribution in [3.05, 3.63) is 124 Å². The molecule has 3 aromatic carbocycles. The van der Waals surface area contributed by atoms with Crippen LogP contribution < -0.4 is 4.90 Å². The van der Waals surface area contributed by atoms with Crippen molar-refractivity contribution in [2.45, 2.75) is 25.7 Å². The number of nitrogens with zero attached hydrogens (tertiary/aromatic N) is 3. The summed E-state index contributed by atoms with van der Waals surface area (Å²) in [7, 11) is 0. The van der Waals surface area contributed by atoms with Gasteiger partial charge in [0, 0.05) is 25.2 Å². The van der Waals surface area contributed by atoms with Crippen LogP contribution in [0.5, 0.6) is 0 Å². The molecule has 9 rings (SSSR count). The molecule has 4 aliphatic rings. The zero-order valence-corrected chi connectivity index (χ0v) is 19.2. The summed E-state index contributed by atoms with van der Waals surface area (Å²) in [6.07, 6.45) is 7.69. The smallest absolute Gasteiger partial charge is 0.0717 e. The lowest BCUT2D eigenvalue weighted by atomic mass is 9.89. The Labute approximate surface area is 203 Å². The van der Waals surface area contributed by atoms with Gasteiger partial charge < -0.3 is 4.90 Å². The van der Waals surface area contributed by atoms with E-state index >= 15 is 0 Å². The maximum absolute atomic E-state index is 4.83. The first-order valence-electron chi connectivity index (χ1n) is 12.4. The second-order valence-electron chi connectivity index (χ2n) is 10.2. The first kappa shape index (κ1) is 18.1. The minimum absolute atomic E-state index is 0.867. The predicted molar refractivity (Wildman–Crippen MR) is 139 cm³/mol. The quantitative estimate of drug-likeness (QED) is 0.253. The molecule has 0 spiro atoms. The van der Waals surface area contributed by atoms with Crippen molar-refractivity contribution < 1.29 is 0 Å². The van der Waals surface area contributed by atoms with Gasteiger partial charge in [-0.1, -0.05) is 42.5 Å². The van der Waals surface area contributed by atoms with E-state index in [1.165, 1.54) is 78.4 Å². The maximum atomic E-state index is 4.83. The number of fused-ring (bicyclic) bond motifs is 11. The first-order valence-corrected chi connectivity index (χ1v) is 12.4. The molecule has 0 saturated heterocycles. The van der Waals surface area contributed by atoms with E-state index < -0.39 is 0 Å². The van der Waals surface area contributed by atoms with E-state index in [0.717, 1.165) is 31.4 Å². The highest BCUT2D eigenvalue weighted by Crippen LogP contribution is 2.53. The van der Waals surface area contributed by atoms with Gasteiger partial charge in [0.25, 0.3) is 0 Å².